The summed E-state index contributed by atoms with van der Waals surface area (Å²) in [7, 11) is 0. The summed E-state index contributed by atoms with van der Waals surface area (Å²) in [5.74, 6) is 0.759. The fourth-order valence-electron chi connectivity index (χ4n) is 1.23. The first-order chi connectivity index (χ1) is 6.83. The number of fused-ring (bicyclic) bond motifs is 1. The molecular formula is C8H9IN4O. The molecule has 6 heteroatoms. The lowest BCUT2D eigenvalue weighted by atomic mass is 10.4. The van der Waals surface area contributed by atoms with E-state index < -0.39 is 0 Å². The van der Waals surface area contributed by atoms with Gasteiger partial charge < -0.3 is 15.4 Å². The number of halogens is 1. The fraction of sp³-hybridized carbons (Fsp3) is 0.250. The molecule has 0 aliphatic carbocycles. The molecule has 0 saturated heterocycles. The van der Waals surface area contributed by atoms with Gasteiger partial charge in [0.1, 0.15) is 17.8 Å². The fourth-order valence-corrected chi connectivity index (χ4v) is 1.90. The average molecular weight is 304 g/mol. The number of nitrogens with zero attached hydrogens (tertiary/aromatic N) is 2. The Bertz CT molecular complexity index is 442. The van der Waals surface area contributed by atoms with Crippen LogP contribution in [0.1, 0.15) is 0 Å². The van der Waals surface area contributed by atoms with Gasteiger partial charge in [0.2, 0.25) is 0 Å². The molecule has 0 aliphatic rings. The zero-order valence-electron chi connectivity index (χ0n) is 7.29. The molecule has 14 heavy (non-hydrogen) atoms. The van der Waals surface area contributed by atoms with Crippen LogP contribution in [0.5, 0.6) is 0 Å². The highest BCUT2D eigenvalue weighted by Crippen LogP contribution is 2.23. The lowest BCUT2D eigenvalue weighted by Crippen LogP contribution is -2.07. The van der Waals surface area contributed by atoms with Gasteiger partial charge in [-0.3, -0.25) is 0 Å². The van der Waals surface area contributed by atoms with Crippen LogP contribution >= 0.6 is 22.6 Å². The predicted molar refractivity (Wildman–Crippen MR) is 62.2 cm³/mol. The molecule has 0 unspecified atom stereocenters. The van der Waals surface area contributed by atoms with Crippen molar-refractivity contribution in [2.75, 3.05) is 18.5 Å². The molecule has 2 rings (SSSR count). The van der Waals surface area contributed by atoms with Crippen molar-refractivity contribution in [1.29, 1.82) is 0 Å². The van der Waals surface area contributed by atoms with E-state index in [2.05, 4.69) is 42.9 Å². The number of nitrogens with one attached hydrogen (secondary N) is 2. The van der Waals surface area contributed by atoms with Gasteiger partial charge in [0, 0.05) is 16.3 Å². The van der Waals surface area contributed by atoms with Crippen molar-refractivity contribution in [1.82, 2.24) is 15.0 Å². The second kappa shape index (κ2) is 4.09. The number of aliphatic hydroxyl groups is 1. The number of hydrogen-bond acceptors (Lipinski definition) is 4. The van der Waals surface area contributed by atoms with Crippen molar-refractivity contribution in [3.63, 3.8) is 0 Å². The van der Waals surface area contributed by atoms with Gasteiger partial charge in [-0.2, -0.15) is 0 Å². The third-order valence-corrected chi connectivity index (χ3v) is 2.68. The summed E-state index contributed by atoms with van der Waals surface area (Å²) < 4.78 is 1.07. The van der Waals surface area contributed by atoms with E-state index in [1.54, 1.807) is 0 Å². The van der Waals surface area contributed by atoms with Gasteiger partial charge >= 0.3 is 0 Å². The molecule has 74 valence electrons. The predicted octanol–water partition coefficient (Wildman–Crippen LogP) is 0.967. The molecule has 0 aromatic carbocycles. The van der Waals surface area contributed by atoms with Crippen molar-refractivity contribution in [2.45, 2.75) is 0 Å². The molecule has 2 aromatic rings. The van der Waals surface area contributed by atoms with E-state index in [-0.39, 0.29) is 6.61 Å². The van der Waals surface area contributed by atoms with Crippen LogP contribution in [0.25, 0.3) is 11.0 Å². The zero-order chi connectivity index (χ0) is 9.97. The molecule has 2 aromatic heterocycles. The monoisotopic (exact) mass is 304 g/mol. The highest BCUT2D eigenvalue weighted by Gasteiger charge is 2.07. The Morgan fingerprint density at radius 2 is 2.36 bits per heavy atom. The molecular weight excluding hydrogens is 295 g/mol. The molecule has 0 amide bonds. The summed E-state index contributed by atoms with van der Waals surface area (Å²) >= 11 is 2.22. The molecule has 2 heterocycles. The Balaban J connectivity index is 2.46. The number of aliphatic hydroxyl groups excluding tert-OH is 1. The number of aromatic nitrogens is 3. The van der Waals surface area contributed by atoms with Gasteiger partial charge in [-0.05, 0) is 22.6 Å². The second-order valence-corrected chi connectivity index (χ2v) is 3.90. The van der Waals surface area contributed by atoms with E-state index in [0.717, 1.165) is 20.4 Å². The zero-order valence-corrected chi connectivity index (χ0v) is 9.45. The highest BCUT2D eigenvalue weighted by molar-refractivity contribution is 14.1. The molecule has 0 saturated carbocycles. The molecule has 0 spiro atoms. The summed E-state index contributed by atoms with van der Waals surface area (Å²) in [6.45, 7) is 0.583. The number of rotatable bonds is 3. The van der Waals surface area contributed by atoms with Crippen LogP contribution in [0.4, 0.5) is 5.82 Å². The Hall–Kier alpha value is -0.890. The van der Waals surface area contributed by atoms with Crippen LogP contribution in [0.3, 0.4) is 0 Å². The van der Waals surface area contributed by atoms with Gasteiger partial charge in [-0.15, -0.1) is 0 Å². The Kier molecular flexibility index (Phi) is 2.82. The number of aromatic amines is 1. The minimum atomic E-state index is 0.0898. The summed E-state index contributed by atoms with van der Waals surface area (Å²) in [6, 6.07) is 0. The largest absolute Gasteiger partial charge is 0.395 e. The minimum Gasteiger partial charge on any atom is -0.395 e. The van der Waals surface area contributed by atoms with E-state index in [1.807, 2.05) is 6.20 Å². The van der Waals surface area contributed by atoms with Crippen LogP contribution in [-0.2, 0) is 0 Å². The minimum absolute atomic E-state index is 0.0898. The first kappa shape index (κ1) is 9.66. The van der Waals surface area contributed by atoms with Crippen LogP contribution < -0.4 is 5.32 Å². The normalized spacial score (nSPS) is 10.7. The molecule has 3 N–H and O–H groups in total. The van der Waals surface area contributed by atoms with E-state index in [1.165, 1.54) is 6.33 Å². The summed E-state index contributed by atoms with van der Waals surface area (Å²) in [5, 5.41) is 12.7. The van der Waals surface area contributed by atoms with Crippen LogP contribution in [0.15, 0.2) is 12.5 Å². The number of anilines is 1. The molecule has 0 aliphatic heterocycles. The summed E-state index contributed by atoms with van der Waals surface area (Å²) in [5.41, 5.74) is 0.810. The van der Waals surface area contributed by atoms with Crippen LogP contribution in [0, 0.1) is 3.57 Å². The maximum absolute atomic E-state index is 8.70. The first-order valence-corrected chi connectivity index (χ1v) is 5.23. The van der Waals surface area contributed by atoms with Crippen LogP contribution in [0.2, 0.25) is 0 Å². The van der Waals surface area contributed by atoms with Crippen molar-refractivity contribution in [3.05, 3.63) is 16.1 Å². The molecule has 0 fully saturated rings. The van der Waals surface area contributed by atoms with E-state index in [0.29, 0.717) is 6.54 Å². The Morgan fingerprint density at radius 1 is 1.50 bits per heavy atom. The van der Waals surface area contributed by atoms with Gasteiger partial charge in [-0.25, -0.2) is 9.97 Å². The van der Waals surface area contributed by atoms with Gasteiger partial charge in [0.15, 0.2) is 0 Å². The third kappa shape index (κ3) is 1.67. The molecule has 0 bridgehead atoms. The van der Waals surface area contributed by atoms with E-state index >= 15 is 0 Å². The SMILES string of the molecule is OCCNc1ncnc2[nH]cc(I)c12. The maximum atomic E-state index is 8.70. The average Bonchev–Trinajstić information content (AvgIpc) is 2.58. The number of hydrogen-bond donors (Lipinski definition) is 3. The summed E-state index contributed by atoms with van der Waals surface area (Å²) in [4.78, 5) is 11.3. The number of H-pyrrole nitrogens is 1. The Morgan fingerprint density at radius 3 is 3.14 bits per heavy atom. The van der Waals surface area contributed by atoms with Crippen LogP contribution in [-0.4, -0.2) is 33.2 Å². The van der Waals surface area contributed by atoms with E-state index in [9.17, 15) is 0 Å². The lowest BCUT2D eigenvalue weighted by Gasteiger charge is -2.03. The second-order valence-electron chi connectivity index (χ2n) is 2.73. The standard InChI is InChI=1S/C8H9IN4O/c9-5-3-11-8-6(5)7(10-1-2-14)12-4-13-8/h3-4,14H,1-2H2,(H2,10,11,12,13). The maximum Gasteiger partial charge on any atom is 0.143 e. The smallest absolute Gasteiger partial charge is 0.143 e. The van der Waals surface area contributed by atoms with Gasteiger partial charge in [-0.1, -0.05) is 0 Å². The Labute approximate surface area is 94.1 Å². The van der Waals surface area contributed by atoms with E-state index in [4.69, 9.17) is 5.11 Å². The quantitative estimate of drug-likeness (QED) is 0.739. The molecule has 5 nitrogen and oxygen atoms in total. The van der Waals surface area contributed by atoms with Gasteiger partial charge in [0.25, 0.3) is 0 Å². The molecule has 0 atom stereocenters. The highest BCUT2D eigenvalue weighted by atomic mass is 127. The van der Waals surface area contributed by atoms with Crippen molar-refractivity contribution < 1.29 is 5.11 Å². The van der Waals surface area contributed by atoms with Gasteiger partial charge in [0.05, 0.1) is 12.0 Å². The summed E-state index contributed by atoms with van der Waals surface area (Å²) in [6.07, 6.45) is 3.37. The van der Waals surface area contributed by atoms with Crippen molar-refractivity contribution in [2.24, 2.45) is 0 Å². The lowest BCUT2D eigenvalue weighted by molar-refractivity contribution is 0.311. The van der Waals surface area contributed by atoms with Crippen molar-refractivity contribution >= 4 is 39.4 Å². The topological polar surface area (TPSA) is 73.8 Å². The third-order valence-electron chi connectivity index (χ3n) is 1.83. The molecule has 0 radical (unpaired) electrons. The van der Waals surface area contributed by atoms with Crippen molar-refractivity contribution in [3.8, 4) is 0 Å². The first-order valence-electron chi connectivity index (χ1n) is 4.15.